The van der Waals surface area contributed by atoms with Crippen molar-refractivity contribution in [2.75, 3.05) is 14.2 Å². The number of hydroxylamine groups is 2. The van der Waals surface area contributed by atoms with Crippen molar-refractivity contribution in [1.82, 2.24) is 5.06 Å². The number of carbonyl (C=O) groups excluding carboxylic acids is 1. The summed E-state index contributed by atoms with van der Waals surface area (Å²) in [5, 5.41) is 1.31. The van der Waals surface area contributed by atoms with Crippen molar-refractivity contribution in [1.29, 1.82) is 0 Å². The van der Waals surface area contributed by atoms with Crippen LogP contribution in [0, 0.1) is 8.30 Å². The molecule has 18 heavy (non-hydrogen) atoms. The fraction of sp³-hybridized carbons (Fsp3) is 0.615. The minimum absolute atomic E-state index is 0.0265. The summed E-state index contributed by atoms with van der Waals surface area (Å²) in [7, 11) is 3.18. The van der Waals surface area contributed by atoms with Gasteiger partial charge >= 0.3 is 0 Å². The standard InChI is InChI=1S/C13H18INO2S/c1-13(2)6-5-8-9(7-13)11(14)18-10(8)12(16)15(3)17-4/h5-7H2,1-4H3. The zero-order valence-corrected chi connectivity index (χ0v) is 14.1. The predicted molar refractivity (Wildman–Crippen MR) is 81.9 cm³/mol. The molecule has 0 unspecified atom stereocenters. The lowest BCUT2D eigenvalue weighted by molar-refractivity contribution is -0.0754. The van der Waals surface area contributed by atoms with Gasteiger partial charge in [0.15, 0.2) is 0 Å². The van der Waals surface area contributed by atoms with Crippen LogP contribution in [-0.2, 0) is 17.7 Å². The number of rotatable bonds is 2. The summed E-state index contributed by atoms with van der Waals surface area (Å²) in [4.78, 5) is 18.1. The Bertz CT molecular complexity index is 482. The lowest BCUT2D eigenvalue weighted by Gasteiger charge is -2.30. The molecule has 1 aromatic rings. The van der Waals surface area contributed by atoms with E-state index in [0.29, 0.717) is 5.41 Å². The Balaban J connectivity index is 2.39. The lowest BCUT2D eigenvalue weighted by Crippen LogP contribution is -2.27. The highest BCUT2D eigenvalue weighted by molar-refractivity contribution is 14.1. The van der Waals surface area contributed by atoms with Gasteiger partial charge in [-0.1, -0.05) is 13.8 Å². The molecule has 100 valence electrons. The van der Waals surface area contributed by atoms with Gasteiger partial charge in [-0.2, -0.15) is 0 Å². The summed E-state index contributed by atoms with van der Waals surface area (Å²) in [6, 6.07) is 0. The Kier molecular flexibility index (Phi) is 4.04. The second-order valence-corrected chi connectivity index (χ2v) is 8.32. The number of hydrogen-bond donors (Lipinski definition) is 0. The van der Waals surface area contributed by atoms with E-state index in [4.69, 9.17) is 4.84 Å². The molecule has 0 bridgehead atoms. The lowest BCUT2D eigenvalue weighted by atomic mass is 9.75. The van der Waals surface area contributed by atoms with E-state index < -0.39 is 0 Å². The summed E-state index contributed by atoms with van der Waals surface area (Å²) >= 11 is 3.95. The molecular formula is C13H18INO2S. The molecular weight excluding hydrogens is 361 g/mol. The maximum Gasteiger partial charge on any atom is 0.287 e. The van der Waals surface area contributed by atoms with Gasteiger partial charge in [0.25, 0.3) is 5.91 Å². The Labute approximate surface area is 126 Å². The van der Waals surface area contributed by atoms with E-state index in [1.54, 1.807) is 18.4 Å². The summed E-state index contributed by atoms with van der Waals surface area (Å²) in [6.07, 6.45) is 3.21. The molecule has 0 aliphatic heterocycles. The Morgan fingerprint density at radius 3 is 2.72 bits per heavy atom. The summed E-state index contributed by atoms with van der Waals surface area (Å²) in [5.74, 6) is -0.0265. The highest BCUT2D eigenvalue weighted by Crippen LogP contribution is 2.42. The number of fused-ring (bicyclic) bond motifs is 1. The smallest absolute Gasteiger partial charge is 0.274 e. The molecule has 1 aliphatic carbocycles. The van der Waals surface area contributed by atoms with E-state index in [-0.39, 0.29) is 5.91 Å². The largest absolute Gasteiger partial charge is 0.287 e. The van der Waals surface area contributed by atoms with Crippen LogP contribution in [0.25, 0.3) is 0 Å². The predicted octanol–water partition coefficient (Wildman–Crippen LogP) is 3.50. The van der Waals surface area contributed by atoms with Crippen molar-refractivity contribution in [3.05, 3.63) is 18.9 Å². The van der Waals surface area contributed by atoms with Crippen LogP contribution in [0.4, 0.5) is 0 Å². The van der Waals surface area contributed by atoms with Crippen molar-refractivity contribution < 1.29 is 9.63 Å². The van der Waals surface area contributed by atoms with E-state index in [1.807, 2.05) is 0 Å². The van der Waals surface area contributed by atoms with Gasteiger partial charge in [0, 0.05) is 7.05 Å². The molecule has 1 amide bonds. The first-order valence-corrected chi connectivity index (χ1v) is 7.87. The van der Waals surface area contributed by atoms with Crippen LogP contribution < -0.4 is 0 Å². The zero-order chi connectivity index (χ0) is 13.5. The topological polar surface area (TPSA) is 29.5 Å². The zero-order valence-electron chi connectivity index (χ0n) is 11.2. The normalized spacial score (nSPS) is 17.4. The fourth-order valence-electron chi connectivity index (χ4n) is 2.34. The van der Waals surface area contributed by atoms with E-state index >= 15 is 0 Å². The van der Waals surface area contributed by atoms with Crippen molar-refractivity contribution in [2.45, 2.75) is 33.1 Å². The van der Waals surface area contributed by atoms with E-state index in [9.17, 15) is 4.79 Å². The van der Waals surface area contributed by atoms with Gasteiger partial charge in [-0.05, 0) is 58.4 Å². The summed E-state index contributed by atoms with van der Waals surface area (Å²) in [5.41, 5.74) is 2.98. The first-order chi connectivity index (χ1) is 8.35. The molecule has 0 spiro atoms. The van der Waals surface area contributed by atoms with Crippen LogP contribution >= 0.6 is 33.9 Å². The Morgan fingerprint density at radius 2 is 2.11 bits per heavy atom. The van der Waals surface area contributed by atoms with Crippen LogP contribution in [0.5, 0.6) is 0 Å². The molecule has 1 aromatic heterocycles. The Morgan fingerprint density at radius 1 is 1.44 bits per heavy atom. The van der Waals surface area contributed by atoms with E-state index in [0.717, 1.165) is 24.1 Å². The van der Waals surface area contributed by atoms with Crippen LogP contribution in [0.15, 0.2) is 0 Å². The average Bonchev–Trinajstić information content (AvgIpc) is 2.63. The van der Waals surface area contributed by atoms with Gasteiger partial charge in [0.2, 0.25) is 0 Å². The molecule has 0 saturated carbocycles. The first-order valence-electron chi connectivity index (χ1n) is 5.98. The Hall–Kier alpha value is -0.140. The van der Waals surface area contributed by atoms with Gasteiger partial charge in [0.1, 0.15) is 0 Å². The van der Waals surface area contributed by atoms with Gasteiger partial charge < -0.3 is 0 Å². The van der Waals surface area contributed by atoms with Crippen LogP contribution in [-0.4, -0.2) is 25.1 Å². The molecule has 3 nitrogen and oxygen atoms in total. The molecule has 2 rings (SSSR count). The SMILES string of the molecule is CON(C)C(=O)c1sc(I)c2c1CCC(C)(C)C2. The van der Waals surface area contributed by atoms with Gasteiger partial charge in [-0.25, -0.2) is 5.06 Å². The molecule has 0 aromatic carbocycles. The summed E-state index contributed by atoms with van der Waals surface area (Å²) < 4.78 is 1.25. The van der Waals surface area contributed by atoms with Crippen molar-refractivity contribution in [3.63, 3.8) is 0 Å². The highest BCUT2D eigenvalue weighted by Gasteiger charge is 2.32. The highest BCUT2D eigenvalue weighted by atomic mass is 127. The molecule has 0 radical (unpaired) electrons. The summed E-state index contributed by atoms with van der Waals surface area (Å²) in [6.45, 7) is 4.60. The molecule has 5 heteroatoms. The van der Waals surface area contributed by atoms with Crippen molar-refractivity contribution in [2.24, 2.45) is 5.41 Å². The maximum absolute atomic E-state index is 12.2. The molecule has 0 atom stereocenters. The van der Waals surface area contributed by atoms with Crippen molar-refractivity contribution in [3.8, 4) is 0 Å². The van der Waals surface area contributed by atoms with Crippen LogP contribution in [0.1, 0.15) is 41.1 Å². The van der Waals surface area contributed by atoms with Gasteiger partial charge in [-0.3, -0.25) is 9.63 Å². The second-order valence-electron chi connectivity index (χ2n) is 5.49. The number of thiophene rings is 1. The first kappa shape index (κ1) is 14.3. The van der Waals surface area contributed by atoms with Crippen LogP contribution in [0.3, 0.4) is 0 Å². The number of amides is 1. The molecule has 0 fully saturated rings. The third kappa shape index (κ3) is 2.58. The molecule has 1 aliphatic rings. The minimum atomic E-state index is -0.0265. The number of hydrogen-bond acceptors (Lipinski definition) is 3. The van der Waals surface area contributed by atoms with E-state index in [2.05, 4.69) is 36.4 Å². The van der Waals surface area contributed by atoms with Gasteiger partial charge in [-0.15, -0.1) is 11.3 Å². The maximum atomic E-state index is 12.2. The number of nitrogens with zero attached hydrogens (tertiary/aromatic N) is 1. The molecule has 0 N–H and O–H groups in total. The molecule has 0 saturated heterocycles. The molecule has 1 heterocycles. The number of carbonyl (C=O) groups is 1. The average molecular weight is 379 g/mol. The third-order valence-electron chi connectivity index (χ3n) is 3.53. The van der Waals surface area contributed by atoms with E-state index in [1.165, 1.54) is 26.2 Å². The second kappa shape index (κ2) is 5.09. The third-order valence-corrected chi connectivity index (χ3v) is 5.89. The minimum Gasteiger partial charge on any atom is -0.274 e. The van der Waals surface area contributed by atoms with Crippen molar-refractivity contribution >= 4 is 39.8 Å². The van der Waals surface area contributed by atoms with Crippen LogP contribution in [0.2, 0.25) is 0 Å². The quantitative estimate of drug-likeness (QED) is 0.582. The number of halogens is 1. The fourth-order valence-corrected chi connectivity index (χ4v) is 4.58. The monoisotopic (exact) mass is 379 g/mol. The van der Waals surface area contributed by atoms with Gasteiger partial charge in [0.05, 0.1) is 14.9 Å².